The highest BCUT2D eigenvalue weighted by Gasteiger charge is 2.42. The summed E-state index contributed by atoms with van der Waals surface area (Å²) in [5, 5.41) is 3.99. The van der Waals surface area contributed by atoms with Crippen LogP contribution in [-0.4, -0.2) is 17.5 Å². The summed E-state index contributed by atoms with van der Waals surface area (Å²) in [6.07, 6.45) is 4.14. The molecule has 0 radical (unpaired) electrons. The highest BCUT2D eigenvalue weighted by atomic mass is 16.7. The van der Waals surface area contributed by atoms with Gasteiger partial charge in [0.1, 0.15) is 0 Å². The molecule has 0 aromatic heterocycles. The molecule has 0 atom stereocenters. The zero-order valence-electron chi connectivity index (χ0n) is 20.4. The number of hydrogen-bond donors (Lipinski definition) is 0. The lowest BCUT2D eigenvalue weighted by Gasteiger charge is -2.32. The lowest BCUT2D eigenvalue weighted by Crippen LogP contribution is -2.26. The van der Waals surface area contributed by atoms with Gasteiger partial charge in [-0.2, -0.15) is 0 Å². The van der Waals surface area contributed by atoms with Crippen LogP contribution >= 0.6 is 0 Å². The number of fused-ring (bicyclic) bond motifs is 3. The molecule has 4 rings (SSSR count). The molecule has 4 nitrogen and oxygen atoms in total. The van der Waals surface area contributed by atoms with Gasteiger partial charge in [0.05, 0.1) is 0 Å². The van der Waals surface area contributed by atoms with Crippen molar-refractivity contribution in [1.29, 1.82) is 0 Å². The number of carbonyl (C=O) groups excluding carboxylic acids is 2. The van der Waals surface area contributed by atoms with E-state index < -0.39 is 5.97 Å². The van der Waals surface area contributed by atoms with Crippen molar-refractivity contribution in [2.24, 2.45) is 5.16 Å². The molecule has 3 aromatic rings. The Hall–Kier alpha value is -3.53. The summed E-state index contributed by atoms with van der Waals surface area (Å²) >= 11 is 0. The first-order chi connectivity index (χ1) is 16.4. The van der Waals surface area contributed by atoms with Gasteiger partial charge < -0.3 is 4.84 Å². The Balaban J connectivity index is 1.87. The maximum atomic E-state index is 13.8. The van der Waals surface area contributed by atoms with Crippen molar-refractivity contribution in [2.75, 3.05) is 0 Å². The quantitative estimate of drug-likeness (QED) is 0.159. The lowest BCUT2D eigenvalue weighted by molar-refractivity contribution is -0.140. The zero-order chi connectivity index (χ0) is 24.3. The second kappa shape index (κ2) is 9.76. The van der Waals surface area contributed by atoms with Crippen LogP contribution in [-0.2, 0) is 15.0 Å². The first-order valence-corrected chi connectivity index (χ1v) is 12.0. The Morgan fingerprint density at radius 3 is 2.18 bits per heavy atom. The normalized spacial score (nSPS) is 13.8. The number of benzene rings is 3. The van der Waals surface area contributed by atoms with Crippen LogP contribution in [0.3, 0.4) is 0 Å². The summed E-state index contributed by atoms with van der Waals surface area (Å²) in [6, 6.07) is 22.1. The second-order valence-corrected chi connectivity index (χ2v) is 9.05. The van der Waals surface area contributed by atoms with Crippen LogP contribution in [0, 0.1) is 6.92 Å². The van der Waals surface area contributed by atoms with Crippen molar-refractivity contribution in [3.63, 3.8) is 0 Å². The van der Waals surface area contributed by atoms with E-state index in [-0.39, 0.29) is 16.9 Å². The third kappa shape index (κ3) is 4.09. The number of aryl methyl sites for hydroxylation is 1. The highest BCUT2D eigenvalue weighted by Crippen LogP contribution is 2.53. The minimum atomic E-state index is -0.562. The second-order valence-electron chi connectivity index (χ2n) is 9.05. The molecule has 4 heteroatoms. The third-order valence-corrected chi connectivity index (χ3v) is 6.76. The van der Waals surface area contributed by atoms with E-state index in [2.05, 4.69) is 49.3 Å². The number of ketones is 1. The fraction of sp³-hybridized carbons (Fsp3) is 0.300. The van der Waals surface area contributed by atoms with Gasteiger partial charge in [-0.05, 0) is 53.6 Å². The van der Waals surface area contributed by atoms with Gasteiger partial charge in [0.15, 0.2) is 5.71 Å². The van der Waals surface area contributed by atoms with Gasteiger partial charge in [0.2, 0.25) is 5.78 Å². The standard InChI is InChI=1S/C30H31NO3/c1-5-17-30(18-6-2)26-14-10-9-13-24(26)25-16-15-22(19-27(25)30)29(33)28(31-34-21(4)32)23-12-8-7-11-20(23)3/h7-16,19H,5-6,17-18H2,1-4H3/b31-28+. The van der Waals surface area contributed by atoms with Crippen LogP contribution in [0.2, 0.25) is 0 Å². The monoisotopic (exact) mass is 453 g/mol. The molecule has 0 N–H and O–H groups in total. The van der Waals surface area contributed by atoms with E-state index in [9.17, 15) is 9.59 Å². The van der Waals surface area contributed by atoms with E-state index in [1.54, 1.807) is 0 Å². The Labute approximate surface area is 201 Å². The van der Waals surface area contributed by atoms with Gasteiger partial charge in [-0.1, -0.05) is 92.5 Å². The minimum Gasteiger partial charge on any atom is -0.318 e. The summed E-state index contributed by atoms with van der Waals surface area (Å²) in [5.74, 6) is -0.815. The van der Waals surface area contributed by atoms with E-state index in [0.29, 0.717) is 11.1 Å². The number of rotatable bonds is 8. The predicted octanol–water partition coefficient (Wildman–Crippen LogP) is 7.01. The van der Waals surface area contributed by atoms with Crippen molar-refractivity contribution in [3.8, 4) is 11.1 Å². The first kappa shape index (κ1) is 23.6. The third-order valence-electron chi connectivity index (χ3n) is 6.76. The molecule has 1 aliphatic carbocycles. The Bertz CT molecular complexity index is 1270. The fourth-order valence-electron chi connectivity index (χ4n) is 5.41. The molecule has 34 heavy (non-hydrogen) atoms. The number of Topliss-reactive ketones (excluding diaryl/α,β-unsaturated/α-hetero) is 1. The Kier molecular flexibility index (Phi) is 6.78. The predicted molar refractivity (Wildman–Crippen MR) is 136 cm³/mol. The Morgan fingerprint density at radius 1 is 0.853 bits per heavy atom. The van der Waals surface area contributed by atoms with E-state index in [1.807, 2.05) is 43.3 Å². The van der Waals surface area contributed by atoms with E-state index in [1.165, 1.54) is 29.2 Å². The number of oxime groups is 1. The molecule has 3 aromatic carbocycles. The van der Waals surface area contributed by atoms with Crippen molar-refractivity contribution >= 4 is 17.5 Å². The van der Waals surface area contributed by atoms with Gasteiger partial charge in [-0.15, -0.1) is 0 Å². The van der Waals surface area contributed by atoms with E-state index >= 15 is 0 Å². The minimum absolute atomic E-state index is 0.110. The maximum Gasteiger partial charge on any atom is 0.332 e. The van der Waals surface area contributed by atoms with Crippen molar-refractivity contribution in [2.45, 2.75) is 58.8 Å². The summed E-state index contributed by atoms with van der Waals surface area (Å²) in [5.41, 5.74) is 7.15. The molecule has 0 aliphatic heterocycles. The van der Waals surface area contributed by atoms with Crippen LogP contribution in [0.5, 0.6) is 0 Å². The molecular weight excluding hydrogens is 422 g/mol. The molecule has 0 saturated heterocycles. The van der Waals surface area contributed by atoms with E-state index in [4.69, 9.17) is 4.84 Å². The van der Waals surface area contributed by atoms with Crippen LogP contribution in [0.25, 0.3) is 11.1 Å². The van der Waals surface area contributed by atoms with Gasteiger partial charge >= 0.3 is 5.97 Å². The van der Waals surface area contributed by atoms with Crippen molar-refractivity contribution in [3.05, 3.63) is 94.5 Å². The first-order valence-electron chi connectivity index (χ1n) is 12.0. The largest absolute Gasteiger partial charge is 0.332 e. The number of hydrogen-bond acceptors (Lipinski definition) is 4. The molecule has 174 valence electrons. The zero-order valence-corrected chi connectivity index (χ0v) is 20.4. The molecule has 0 amide bonds. The highest BCUT2D eigenvalue weighted by molar-refractivity contribution is 6.51. The molecule has 0 spiro atoms. The van der Waals surface area contributed by atoms with Crippen molar-refractivity contribution < 1.29 is 14.4 Å². The number of nitrogens with zero attached hydrogens (tertiary/aromatic N) is 1. The molecule has 0 saturated carbocycles. The van der Waals surface area contributed by atoms with Crippen LogP contribution in [0.15, 0.2) is 71.9 Å². The summed E-state index contributed by atoms with van der Waals surface area (Å²) in [7, 11) is 0. The van der Waals surface area contributed by atoms with Gasteiger partial charge in [0, 0.05) is 23.5 Å². The van der Waals surface area contributed by atoms with Crippen LogP contribution < -0.4 is 0 Å². The molecular formula is C30H31NO3. The maximum absolute atomic E-state index is 13.8. The molecule has 0 heterocycles. The van der Waals surface area contributed by atoms with Gasteiger partial charge in [0.25, 0.3) is 0 Å². The lowest BCUT2D eigenvalue weighted by atomic mass is 9.71. The number of carbonyl (C=O) groups is 2. The van der Waals surface area contributed by atoms with Gasteiger partial charge in [-0.3, -0.25) is 4.79 Å². The van der Waals surface area contributed by atoms with Crippen LogP contribution in [0.4, 0.5) is 0 Å². The average Bonchev–Trinajstić information content (AvgIpc) is 3.10. The molecule has 0 bridgehead atoms. The fourth-order valence-corrected chi connectivity index (χ4v) is 5.41. The van der Waals surface area contributed by atoms with Crippen molar-refractivity contribution in [1.82, 2.24) is 0 Å². The molecule has 1 aliphatic rings. The summed E-state index contributed by atoms with van der Waals surface area (Å²) in [6.45, 7) is 7.63. The Morgan fingerprint density at radius 2 is 1.50 bits per heavy atom. The average molecular weight is 454 g/mol. The summed E-state index contributed by atoms with van der Waals surface area (Å²) < 4.78 is 0. The van der Waals surface area contributed by atoms with Gasteiger partial charge in [-0.25, -0.2) is 4.79 Å². The topological polar surface area (TPSA) is 55.7 Å². The summed E-state index contributed by atoms with van der Waals surface area (Å²) in [4.78, 5) is 30.2. The SMILES string of the molecule is CCCC1(CCC)c2ccccc2-c2ccc(C(=O)/C(=N/OC(C)=O)c3ccccc3C)cc21. The van der Waals surface area contributed by atoms with E-state index in [0.717, 1.165) is 31.2 Å². The van der Waals surface area contributed by atoms with Crippen LogP contribution in [0.1, 0.15) is 79.1 Å². The molecule has 0 fully saturated rings. The molecule has 0 unspecified atom stereocenters. The smallest absolute Gasteiger partial charge is 0.318 e.